The Morgan fingerprint density at radius 1 is 1.28 bits per heavy atom. The smallest absolute Gasteiger partial charge is 0.481 e. The molecule has 0 radical (unpaired) electrons. The van der Waals surface area contributed by atoms with Gasteiger partial charge in [0, 0.05) is 20.2 Å². The SMILES string of the molecule is COCC1(C(=O)O)CCN(C(=O)Cc2ccc(OC(F)(F)F)cc2)C1. The van der Waals surface area contributed by atoms with Gasteiger partial charge in [-0.1, -0.05) is 12.1 Å². The molecule has 0 aliphatic carbocycles. The maximum Gasteiger partial charge on any atom is 0.573 e. The lowest BCUT2D eigenvalue weighted by atomic mass is 9.88. The van der Waals surface area contributed by atoms with Crippen molar-refractivity contribution in [3.63, 3.8) is 0 Å². The Kier molecular flexibility index (Phi) is 5.56. The predicted octanol–water partition coefficient (Wildman–Crippen LogP) is 2.08. The van der Waals surface area contributed by atoms with Crippen molar-refractivity contribution in [3.05, 3.63) is 29.8 Å². The molecule has 0 spiro atoms. The predicted molar refractivity (Wildman–Crippen MR) is 80.0 cm³/mol. The molecule has 9 heteroatoms. The van der Waals surface area contributed by atoms with Crippen LogP contribution in [-0.2, 0) is 20.7 Å². The first-order valence-electron chi connectivity index (χ1n) is 7.50. The number of amides is 1. The number of nitrogens with zero attached hydrogens (tertiary/aromatic N) is 1. The molecule has 1 aliphatic rings. The summed E-state index contributed by atoms with van der Waals surface area (Å²) in [4.78, 5) is 25.2. The third-order valence-electron chi connectivity index (χ3n) is 4.09. The van der Waals surface area contributed by atoms with E-state index in [9.17, 15) is 27.9 Å². The number of benzene rings is 1. The third kappa shape index (κ3) is 4.85. The number of halogens is 3. The molecule has 25 heavy (non-hydrogen) atoms. The van der Waals surface area contributed by atoms with Crippen molar-refractivity contribution in [2.75, 3.05) is 26.8 Å². The van der Waals surface area contributed by atoms with Crippen LogP contribution in [0, 0.1) is 5.41 Å². The number of carboxylic acid groups (broad SMARTS) is 1. The molecule has 2 rings (SSSR count). The fourth-order valence-corrected chi connectivity index (χ4v) is 2.81. The molecule has 1 N–H and O–H groups in total. The number of ether oxygens (including phenoxy) is 2. The molecular formula is C16H18F3NO5. The Labute approximate surface area is 142 Å². The second kappa shape index (κ2) is 7.30. The summed E-state index contributed by atoms with van der Waals surface area (Å²) in [5.74, 6) is -1.67. The summed E-state index contributed by atoms with van der Waals surface area (Å²) in [6.45, 7) is 0.351. The van der Waals surface area contributed by atoms with Crippen LogP contribution in [0.1, 0.15) is 12.0 Å². The number of likely N-dealkylation sites (tertiary alicyclic amines) is 1. The van der Waals surface area contributed by atoms with Crippen molar-refractivity contribution >= 4 is 11.9 Å². The molecule has 1 atom stereocenters. The average molecular weight is 361 g/mol. The van der Waals surface area contributed by atoms with Crippen molar-refractivity contribution in [2.45, 2.75) is 19.2 Å². The fraction of sp³-hybridized carbons (Fsp3) is 0.500. The Morgan fingerprint density at radius 3 is 2.44 bits per heavy atom. The molecule has 1 fully saturated rings. The Balaban J connectivity index is 1.97. The minimum Gasteiger partial charge on any atom is -0.481 e. The van der Waals surface area contributed by atoms with Gasteiger partial charge in [-0.25, -0.2) is 0 Å². The van der Waals surface area contributed by atoms with E-state index in [1.54, 1.807) is 0 Å². The van der Waals surface area contributed by atoms with Gasteiger partial charge in [0.2, 0.25) is 5.91 Å². The lowest BCUT2D eigenvalue weighted by Gasteiger charge is -2.23. The molecule has 138 valence electrons. The number of carboxylic acids is 1. The van der Waals surface area contributed by atoms with Gasteiger partial charge in [0.25, 0.3) is 0 Å². The molecule has 0 saturated carbocycles. The normalized spacial score (nSPS) is 20.6. The Hall–Kier alpha value is -2.29. The maximum atomic E-state index is 12.3. The number of alkyl halides is 3. The highest BCUT2D eigenvalue weighted by atomic mass is 19.4. The Bertz CT molecular complexity index is 632. The van der Waals surface area contributed by atoms with Crippen LogP contribution in [0.3, 0.4) is 0 Å². The molecule has 6 nitrogen and oxygen atoms in total. The van der Waals surface area contributed by atoms with Crippen molar-refractivity contribution in [2.24, 2.45) is 5.41 Å². The van der Waals surface area contributed by atoms with Crippen molar-refractivity contribution in [1.29, 1.82) is 0 Å². The molecule has 1 aliphatic heterocycles. The highest BCUT2D eigenvalue weighted by molar-refractivity contribution is 5.82. The van der Waals surface area contributed by atoms with Gasteiger partial charge < -0.3 is 19.5 Å². The van der Waals surface area contributed by atoms with Crippen LogP contribution in [-0.4, -0.2) is 55.1 Å². The molecule has 1 aromatic rings. The molecule has 1 saturated heterocycles. The first-order valence-corrected chi connectivity index (χ1v) is 7.50. The van der Waals surface area contributed by atoms with Crippen molar-refractivity contribution < 1.29 is 37.3 Å². The lowest BCUT2D eigenvalue weighted by Crippen LogP contribution is -2.40. The van der Waals surface area contributed by atoms with E-state index in [4.69, 9.17) is 4.74 Å². The van der Waals surface area contributed by atoms with E-state index in [1.165, 1.54) is 24.1 Å². The van der Waals surface area contributed by atoms with Gasteiger partial charge in [0.1, 0.15) is 11.2 Å². The first-order chi connectivity index (χ1) is 11.6. The molecule has 0 bridgehead atoms. The number of hydrogen-bond acceptors (Lipinski definition) is 4. The monoisotopic (exact) mass is 361 g/mol. The van der Waals surface area contributed by atoms with Crippen LogP contribution in [0.25, 0.3) is 0 Å². The summed E-state index contributed by atoms with van der Waals surface area (Å²) in [7, 11) is 1.40. The van der Waals surface area contributed by atoms with Crippen LogP contribution in [0.5, 0.6) is 5.75 Å². The minimum atomic E-state index is -4.77. The van der Waals surface area contributed by atoms with Gasteiger partial charge >= 0.3 is 12.3 Å². The molecule has 1 unspecified atom stereocenters. The van der Waals surface area contributed by atoms with E-state index in [-0.39, 0.29) is 31.2 Å². The summed E-state index contributed by atoms with van der Waals surface area (Å²) >= 11 is 0. The highest BCUT2D eigenvalue weighted by Gasteiger charge is 2.46. The highest BCUT2D eigenvalue weighted by Crippen LogP contribution is 2.31. The summed E-state index contributed by atoms with van der Waals surface area (Å²) < 4.78 is 45.1. The molecular weight excluding hydrogens is 343 g/mol. The second-order valence-electron chi connectivity index (χ2n) is 5.95. The van der Waals surface area contributed by atoms with Gasteiger partial charge in [0.05, 0.1) is 13.0 Å². The van der Waals surface area contributed by atoms with Crippen LogP contribution in [0.4, 0.5) is 13.2 Å². The summed E-state index contributed by atoms with van der Waals surface area (Å²) in [5, 5.41) is 9.38. The van der Waals surface area contributed by atoms with Crippen molar-refractivity contribution in [3.8, 4) is 5.75 Å². The topological polar surface area (TPSA) is 76.1 Å². The van der Waals surface area contributed by atoms with Gasteiger partial charge in [-0.2, -0.15) is 0 Å². The number of hydrogen-bond donors (Lipinski definition) is 1. The van der Waals surface area contributed by atoms with E-state index < -0.39 is 17.7 Å². The zero-order valence-corrected chi connectivity index (χ0v) is 13.5. The largest absolute Gasteiger partial charge is 0.573 e. The average Bonchev–Trinajstić information content (AvgIpc) is 2.94. The number of aliphatic carboxylic acids is 1. The van der Waals surface area contributed by atoms with E-state index in [1.807, 2.05) is 0 Å². The minimum absolute atomic E-state index is 0.00952. The van der Waals surface area contributed by atoms with E-state index in [0.29, 0.717) is 18.5 Å². The first kappa shape index (κ1) is 19.0. The van der Waals surface area contributed by atoms with Crippen molar-refractivity contribution in [1.82, 2.24) is 4.90 Å². The van der Waals surface area contributed by atoms with Gasteiger partial charge in [-0.15, -0.1) is 13.2 Å². The molecule has 1 aromatic carbocycles. The van der Waals surface area contributed by atoms with E-state index in [2.05, 4.69) is 4.74 Å². The molecule has 1 amide bonds. The number of methoxy groups -OCH3 is 1. The number of carbonyl (C=O) groups is 2. The van der Waals surface area contributed by atoms with Crippen LogP contribution >= 0.6 is 0 Å². The zero-order valence-electron chi connectivity index (χ0n) is 13.5. The third-order valence-corrected chi connectivity index (χ3v) is 4.09. The molecule has 0 aromatic heterocycles. The fourth-order valence-electron chi connectivity index (χ4n) is 2.81. The number of carbonyl (C=O) groups excluding carboxylic acids is 1. The summed E-state index contributed by atoms with van der Waals surface area (Å²) in [5.41, 5.74) is -0.603. The standard InChI is InChI=1S/C16H18F3NO5/c1-24-10-15(14(22)23)6-7-20(9-15)13(21)8-11-2-4-12(5-3-11)25-16(17,18)19/h2-5H,6-10H2,1H3,(H,22,23). The maximum absolute atomic E-state index is 12.3. The van der Waals surface area contributed by atoms with E-state index in [0.717, 1.165) is 12.1 Å². The molecule has 1 heterocycles. The van der Waals surface area contributed by atoms with E-state index >= 15 is 0 Å². The number of rotatable bonds is 6. The van der Waals surface area contributed by atoms with Crippen LogP contribution < -0.4 is 4.74 Å². The second-order valence-corrected chi connectivity index (χ2v) is 5.95. The zero-order chi connectivity index (χ0) is 18.7. The van der Waals surface area contributed by atoms with Gasteiger partial charge in [0.15, 0.2) is 0 Å². The lowest BCUT2D eigenvalue weighted by molar-refractivity contribution is -0.274. The van der Waals surface area contributed by atoms with Gasteiger partial charge in [-0.05, 0) is 24.1 Å². The summed E-state index contributed by atoms with van der Waals surface area (Å²) in [6, 6.07) is 5.00. The van der Waals surface area contributed by atoms with Gasteiger partial charge in [-0.3, -0.25) is 9.59 Å². The Morgan fingerprint density at radius 2 is 1.92 bits per heavy atom. The van der Waals surface area contributed by atoms with Crippen LogP contribution in [0.15, 0.2) is 24.3 Å². The quantitative estimate of drug-likeness (QED) is 0.840. The summed E-state index contributed by atoms with van der Waals surface area (Å²) in [6.07, 6.45) is -4.51. The van der Waals surface area contributed by atoms with Crippen LogP contribution in [0.2, 0.25) is 0 Å².